The normalized spacial score (nSPS) is 12.6. The molecule has 0 spiro atoms. The third-order valence-electron chi connectivity index (χ3n) is 3.56. The van der Waals surface area contributed by atoms with E-state index in [1.807, 2.05) is 24.3 Å². The van der Waals surface area contributed by atoms with E-state index in [1.165, 1.54) is 0 Å². The molecule has 0 fully saturated rings. The summed E-state index contributed by atoms with van der Waals surface area (Å²) in [7, 11) is 0. The zero-order chi connectivity index (χ0) is 17.9. The van der Waals surface area contributed by atoms with Crippen LogP contribution in [0, 0.1) is 0 Å². The second-order valence-corrected chi connectivity index (χ2v) is 7.44. The zero-order valence-electron chi connectivity index (χ0n) is 14.2. The molecule has 1 N–H and O–H groups in total. The Morgan fingerprint density at radius 1 is 1.08 bits per heavy atom. The summed E-state index contributed by atoms with van der Waals surface area (Å²) in [5, 5.41) is 3.61. The predicted octanol–water partition coefficient (Wildman–Crippen LogP) is 5.70. The van der Waals surface area contributed by atoms with Gasteiger partial charge in [-0.3, -0.25) is 4.79 Å². The van der Waals surface area contributed by atoms with Gasteiger partial charge < -0.3 is 10.1 Å². The highest BCUT2D eigenvalue weighted by Gasteiger charge is 2.22. The van der Waals surface area contributed by atoms with Crippen LogP contribution in [0.5, 0.6) is 5.75 Å². The number of nitrogens with one attached hydrogen (secondary N) is 1. The minimum absolute atomic E-state index is 0.0729. The largest absolute Gasteiger partial charge is 0.481 e. The lowest BCUT2D eigenvalue weighted by molar-refractivity contribution is -0.122. The lowest BCUT2D eigenvalue weighted by Crippen LogP contribution is -2.31. The van der Waals surface area contributed by atoms with Crippen LogP contribution in [0.25, 0.3) is 0 Å². The van der Waals surface area contributed by atoms with Gasteiger partial charge in [-0.2, -0.15) is 0 Å². The van der Waals surface area contributed by atoms with Crippen molar-refractivity contribution in [1.29, 1.82) is 0 Å². The summed E-state index contributed by atoms with van der Waals surface area (Å²) in [5.41, 5.74) is 1.56. The molecule has 0 radical (unpaired) electrons. The number of anilines is 1. The van der Waals surface area contributed by atoms with Crippen molar-refractivity contribution in [2.45, 2.75) is 39.2 Å². The molecule has 2 aromatic rings. The van der Waals surface area contributed by atoms with Gasteiger partial charge in [0.05, 0.1) is 10.0 Å². The van der Waals surface area contributed by atoms with E-state index in [2.05, 4.69) is 26.1 Å². The van der Waals surface area contributed by atoms with Gasteiger partial charge in [-0.05, 0) is 42.2 Å². The molecule has 2 rings (SSSR count). The van der Waals surface area contributed by atoms with E-state index >= 15 is 0 Å². The van der Waals surface area contributed by atoms with E-state index in [0.717, 1.165) is 5.56 Å². The average Bonchev–Trinajstić information content (AvgIpc) is 2.50. The van der Waals surface area contributed by atoms with Crippen LogP contribution in [0.3, 0.4) is 0 Å². The Hall–Kier alpha value is -1.71. The number of benzene rings is 2. The van der Waals surface area contributed by atoms with Gasteiger partial charge in [0.2, 0.25) is 0 Å². The van der Waals surface area contributed by atoms with Crippen molar-refractivity contribution in [2.24, 2.45) is 0 Å². The Morgan fingerprint density at radius 3 is 2.38 bits per heavy atom. The first kappa shape index (κ1) is 18.6. The van der Waals surface area contributed by atoms with Crippen molar-refractivity contribution in [2.75, 3.05) is 5.32 Å². The molecule has 1 amide bonds. The van der Waals surface area contributed by atoms with Crippen molar-refractivity contribution in [1.82, 2.24) is 0 Å². The molecular formula is C19H21Cl2NO2. The molecule has 1 unspecified atom stereocenters. The fourth-order valence-electron chi connectivity index (χ4n) is 2.25. The molecule has 0 heterocycles. The van der Waals surface area contributed by atoms with Crippen molar-refractivity contribution < 1.29 is 9.53 Å². The number of rotatable bonds is 4. The maximum atomic E-state index is 12.4. The number of carbonyl (C=O) groups is 1. The summed E-state index contributed by atoms with van der Waals surface area (Å²) in [5.74, 6) is 0.457. The third-order valence-corrected chi connectivity index (χ3v) is 4.29. The Labute approximate surface area is 152 Å². The van der Waals surface area contributed by atoms with E-state index in [9.17, 15) is 4.79 Å². The third kappa shape index (κ3) is 4.65. The van der Waals surface area contributed by atoms with Crippen LogP contribution in [0.4, 0.5) is 5.69 Å². The number of amides is 1. The first-order valence-corrected chi connectivity index (χ1v) is 8.46. The SMILES string of the molecule is CC(Oc1ccccc1C(C)(C)C)C(=O)Nc1ccc(Cl)c(Cl)c1. The molecule has 0 aliphatic heterocycles. The number of hydrogen-bond donors (Lipinski definition) is 1. The summed E-state index contributed by atoms with van der Waals surface area (Å²) in [6.45, 7) is 8.03. The van der Waals surface area contributed by atoms with Gasteiger partial charge in [0, 0.05) is 5.69 Å². The molecule has 0 bridgehead atoms. The highest BCUT2D eigenvalue weighted by molar-refractivity contribution is 6.42. The van der Waals surface area contributed by atoms with Crippen LogP contribution in [0.15, 0.2) is 42.5 Å². The molecule has 128 valence electrons. The second kappa shape index (κ2) is 7.45. The van der Waals surface area contributed by atoms with Crippen molar-refractivity contribution >= 4 is 34.8 Å². The van der Waals surface area contributed by atoms with Crippen LogP contribution in [-0.4, -0.2) is 12.0 Å². The number of para-hydroxylation sites is 1. The zero-order valence-corrected chi connectivity index (χ0v) is 15.7. The van der Waals surface area contributed by atoms with E-state index in [4.69, 9.17) is 27.9 Å². The molecule has 2 aromatic carbocycles. The quantitative estimate of drug-likeness (QED) is 0.754. The monoisotopic (exact) mass is 365 g/mol. The Morgan fingerprint density at radius 2 is 1.75 bits per heavy atom. The van der Waals surface area contributed by atoms with E-state index < -0.39 is 6.10 Å². The van der Waals surface area contributed by atoms with Gasteiger partial charge >= 0.3 is 0 Å². The maximum absolute atomic E-state index is 12.4. The summed E-state index contributed by atoms with van der Waals surface area (Å²) in [6.07, 6.45) is -0.650. The Bertz CT molecular complexity index is 738. The molecule has 0 saturated heterocycles. The lowest BCUT2D eigenvalue weighted by atomic mass is 9.86. The van der Waals surface area contributed by atoms with Gasteiger partial charge in [-0.25, -0.2) is 0 Å². The molecule has 1 atom stereocenters. The molecular weight excluding hydrogens is 345 g/mol. The number of halogens is 2. The summed E-state index contributed by atoms with van der Waals surface area (Å²) in [4.78, 5) is 12.4. The Balaban J connectivity index is 2.11. The average molecular weight is 366 g/mol. The van der Waals surface area contributed by atoms with Gasteiger partial charge in [0.25, 0.3) is 5.91 Å². The molecule has 24 heavy (non-hydrogen) atoms. The maximum Gasteiger partial charge on any atom is 0.265 e. The van der Waals surface area contributed by atoms with Gasteiger partial charge in [0.1, 0.15) is 5.75 Å². The van der Waals surface area contributed by atoms with Crippen molar-refractivity contribution in [3.05, 3.63) is 58.1 Å². The highest BCUT2D eigenvalue weighted by atomic mass is 35.5. The fourth-order valence-corrected chi connectivity index (χ4v) is 2.55. The first-order chi connectivity index (χ1) is 11.2. The molecule has 0 aliphatic carbocycles. The number of ether oxygens (including phenoxy) is 1. The second-order valence-electron chi connectivity index (χ2n) is 6.62. The van der Waals surface area contributed by atoms with Gasteiger partial charge in [-0.1, -0.05) is 62.2 Å². The van der Waals surface area contributed by atoms with Crippen LogP contribution in [-0.2, 0) is 10.2 Å². The standard InChI is InChI=1S/C19H21Cl2NO2/c1-12(18(23)22-13-9-10-15(20)16(21)11-13)24-17-8-6-5-7-14(17)19(2,3)4/h5-12H,1-4H3,(H,22,23). The van der Waals surface area contributed by atoms with Crippen LogP contribution < -0.4 is 10.1 Å². The molecule has 0 aliphatic rings. The van der Waals surface area contributed by atoms with Crippen LogP contribution >= 0.6 is 23.2 Å². The summed E-state index contributed by atoms with van der Waals surface area (Å²) >= 11 is 11.8. The smallest absolute Gasteiger partial charge is 0.265 e. The van der Waals surface area contributed by atoms with Crippen LogP contribution in [0.2, 0.25) is 10.0 Å². The number of hydrogen-bond acceptors (Lipinski definition) is 2. The number of carbonyl (C=O) groups excluding carboxylic acids is 1. The van der Waals surface area contributed by atoms with Crippen molar-refractivity contribution in [3.63, 3.8) is 0 Å². The van der Waals surface area contributed by atoms with Gasteiger partial charge in [0.15, 0.2) is 6.10 Å². The minimum atomic E-state index is -0.650. The lowest BCUT2D eigenvalue weighted by Gasteiger charge is -2.24. The molecule has 3 nitrogen and oxygen atoms in total. The van der Waals surface area contributed by atoms with E-state index in [1.54, 1.807) is 25.1 Å². The van der Waals surface area contributed by atoms with E-state index in [0.29, 0.717) is 21.5 Å². The van der Waals surface area contributed by atoms with E-state index in [-0.39, 0.29) is 11.3 Å². The summed E-state index contributed by atoms with van der Waals surface area (Å²) in [6, 6.07) is 12.7. The molecule has 0 saturated carbocycles. The van der Waals surface area contributed by atoms with Crippen LogP contribution in [0.1, 0.15) is 33.3 Å². The molecule has 5 heteroatoms. The summed E-state index contributed by atoms with van der Waals surface area (Å²) < 4.78 is 5.89. The topological polar surface area (TPSA) is 38.3 Å². The highest BCUT2D eigenvalue weighted by Crippen LogP contribution is 2.31. The Kier molecular flexibility index (Phi) is 5.79. The first-order valence-electron chi connectivity index (χ1n) is 7.70. The minimum Gasteiger partial charge on any atom is -0.481 e. The van der Waals surface area contributed by atoms with Crippen molar-refractivity contribution in [3.8, 4) is 5.75 Å². The predicted molar refractivity (Wildman–Crippen MR) is 100 cm³/mol. The molecule has 0 aromatic heterocycles. The van der Waals surface area contributed by atoms with Gasteiger partial charge in [-0.15, -0.1) is 0 Å². The fraction of sp³-hybridized carbons (Fsp3) is 0.316.